The number of nitrogens with one attached hydrogen (secondary N) is 1. The van der Waals surface area contributed by atoms with Crippen molar-refractivity contribution in [3.63, 3.8) is 0 Å². The van der Waals surface area contributed by atoms with Crippen LogP contribution in [0.4, 0.5) is 10.1 Å². The number of anilines is 1. The SMILES string of the molecule is CCCOc1cccc(NC2=C(c3ccc(C)cc3)C(=O)N(Cc3ccccc3F)C2=O)c1. The van der Waals surface area contributed by atoms with Crippen LogP contribution >= 0.6 is 0 Å². The molecule has 2 amide bonds. The summed E-state index contributed by atoms with van der Waals surface area (Å²) in [6, 6.07) is 20.8. The Bertz CT molecular complexity index is 1220. The zero-order chi connectivity index (χ0) is 23.4. The lowest BCUT2D eigenvalue weighted by Crippen LogP contribution is -2.32. The molecule has 1 aliphatic rings. The Morgan fingerprint density at radius 3 is 2.42 bits per heavy atom. The summed E-state index contributed by atoms with van der Waals surface area (Å²) < 4.78 is 19.9. The summed E-state index contributed by atoms with van der Waals surface area (Å²) in [6.45, 7) is 4.40. The van der Waals surface area contributed by atoms with Crippen molar-refractivity contribution in [1.82, 2.24) is 4.90 Å². The molecular weight excluding hydrogens is 419 g/mol. The van der Waals surface area contributed by atoms with Crippen molar-refractivity contribution in [3.8, 4) is 5.75 Å². The average Bonchev–Trinajstić information content (AvgIpc) is 3.04. The smallest absolute Gasteiger partial charge is 0.278 e. The first-order valence-electron chi connectivity index (χ1n) is 10.9. The molecular formula is C27H25FN2O3. The zero-order valence-electron chi connectivity index (χ0n) is 18.6. The lowest BCUT2D eigenvalue weighted by atomic mass is 10.0. The summed E-state index contributed by atoms with van der Waals surface area (Å²) in [5, 5.41) is 3.13. The van der Waals surface area contributed by atoms with Gasteiger partial charge in [0.25, 0.3) is 11.8 Å². The van der Waals surface area contributed by atoms with Crippen molar-refractivity contribution in [2.24, 2.45) is 0 Å². The molecule has 3 aromatic carbocycles. The molecule has 4 rings (SSSR count). The fourth-order valence-corrected chi connectivity index (χ4v) is 3.65. The summed E-state index contributed by atoms with van der Waals surface area (Å²) in [5.74, 6) is -0.761. The van der Waals surface area contributed by atoms with Gasteiger partial charge in [-0.25, -0.2) is 4.39 Å². The maximum absolute atomic E-state index is 14.3. The van der Waals surface area contributed by atoms with Gasteiger partial charge in [0, 0.05) is 17.3 Å². The molecule has 3 aromatic rings. The highest BCUT2D eigenvalue weighted by atomic mass is 19.1. The molecule has 168 valence electrons. The van der Waals surface area contributed by atoms with Crippen LogP contribution in [0.5, 0.6) is 5.75 Å². The summed E-state index contributed by atoms with van der Waals surface area (Å²) >= 11 is 0. The Morgan fingerprint density at radius 2 is 1.70 bits per heavy atom. The van der Waals surface area contributed by atoms with E-state index in [-0.39, 0.29) is 23.4 Å². The standard InChI is InChI=1S/C27H25FN2O3/c1-3-15-33-22-9-6-8-21(16-22)29-25-24(19-13-11-18(2)12-14-19)26(31)30(27(25)32)17-20-7-4-5-10-23(20)28/h4-14,16,29H,3,15,17H2,1-2H3. The summed E-state index contributed by atoms with van der Waals surface area (Å²) in [7, 11) is 0. The third-order valence-corrected chi connectivity index (χ3v) is 5.37. The molecule has 5 nitrogen and oxygen atoms in total. The lowest BCUT2D eigenvalue weighted by molar-refractivity contribution is -0.137. The monoisotopic (exact) mass is 444 g/mol. The van der Waals surface area contributed by atoms with E-state index in [2.05, 4.69) is 5.32 Å². The second-order valence-corrected chi connectivity index (χ2v) is 7.91. The minimum Gasteiger partial charge on any atom is -0.494 e. The molecule has 0 aliphatic carbocycles. The summed E-state index contributed by atoms with van der Waals surface area (Å²) in [5.41, 5.74) is 2.98. The number of rotatable bonds is 8. The molecule has 0 atom stereocenters. The van der Waals surface area contributed by atoms with Crippen LogP contribution in [-0.4, -0.2) is 23.3 Å². The van der Waals surface area contributed by atoms with Crippen LogP contribution < -0.4 is 10.1 Å². The van der Waals surface area contributed by atoms with Crippen LogP contribution in [0.25, 0.3) is 5.57 Å². The molecule has 0 bridgehead atoms. The van der Waals surface area contributed by atoms with Gasteiger partial charge in [-0.2, -0.15) is 0 Å². The van der Waals surface area contributed by atoms with Gasteiger partial charge in [-0.05, 0) is 37.1 Å². The number of carbonyl (C=O) groups is 2. The molecule has 0 unspecified atom stereocenters. The van der Waals surface area contributed by atoms with Crippen molar-refractivity contribution >= 4 is 23.1 Å². The molecule has 0 fully saturated rings. The first-order chi connectivity index (χ1) is 16.0. The number of halogens is 1. The van der Waals surface area contributed by atoms with Gasteiger partial charge in [-0.3, -0.25) is 14.5 Å². The van der Waals surface area contributed by atoms with Gasteiger partial charge < -0.3 is 10.1 Å². The second kappa shape index (κ2) is 9.69. The predicted octanol–water partition coefficient (Wildman–Crippen LogP) is 5.32. The van der Waals surface area contributed by atoms with Crippen molar-refractivity contribution < 1.29 is 18.7 Å². The van der Waals surface area contributed by atoms with E-state index in [0.717, 1.165) is 16.9 Å². The van der Waals surface area contributed by atoms with E-state index in [1.165, 1.54) is 6.07 Å². The number of nitrogens with zero attached hydrogens (tertiary/aromatic N) is 1. The number of hydrogen-bond donors (Lipinski definition) is 1. The van der Waals surface area contributed by atoms with E-state index in [0.29, 0.717) is 23.6 Å². The van der Waals surface area contributed by atoms with E-state index in [1.807, 2.05) is 50.2 Å². The topological polar surface area (TPSA) is 58.6 Å². The van der Waals surface area contributed by atoms with Crippen LogP contribution in [0, 0.1) is 12.7 Å². The number of hydrogen-bond acceptors (Lipinski definition) is 4. The first-order valence-corrected chi connectivity index (χ1v) is 10.9. The maximum atomic E-state index is 14.3. The number of benzene rings is 3. The second-order valence-electron chi connectivity index (χ2n) is 7.91. The number of carbonyl (C=O) groups excluding carboxylic acids is 2. The van der Waals surface area contributed by atoms with Gasteiger partial charge in [0.15, 0.2) is 0 Å². The third-order valence-electron chi connectivity index (χ3n) is 5.37. The van der Waals surface area contributed by atoms with E-state index in [9.17, 15) is 14.0 Å². The molecule has 1 heterocycles. The van der Waals surface area contributed by atoms with Crippen molar-refractivity contribution in [2.45, 2.75) is 26.8 Å². The molecule has 0 radical (unpaired) electrons. The van der Waals surface area contributed by atoms with Crippen LogP contribution in [0.1, 0.15) is 30.0 Å². The summed E-state index contributed by atoms with van der Waals surface area (Å²) in [4.78, 5) is 27.8. The van der Waals surface area contributed by atoms with Crippen molar-refractivity contribution in [2.75, 3.05) is 11.9 Å². The van der Waals surface area contributed by atoms with E-state index in [4.69, 9.17) is 4.74 Å². The van der Waals surface area contributed by atoms with Crippen molar-refractivity contribution in [3.05, 3.63) is 101 Å². The molecule has 0 aromatic heterocycles. The quantitative estimate of drug-likeness (QED) is 0.478. The van der Waals surface area contributed by atoms with E-state index >= 15 is 0 Å². The highest BCUT2D eigenvalue weighted by molar-refractivity contribution is 6.36. The highest BCUT2D eigenvalue weighted by Crippen LogP contribution is 2.32. The van der Waals surface area contributed by atoms with Crippen LogP contribution in [0.3, 0.4) is 0 Å². The minimum atomic E-state index is -0.501. The van der Waals surface area contributed by atoms with Gasteiger partial charge >= 0.3 is 0 Å². The van der Waals surface area contributed by atoms with Gasteiger partial charge in [-0.1, -0.05) is 61.0 Å². The van der Waals surface area contributed by atoms with Crippen LogP contribution in [0.15, 0.2) is 78.5 Å². The molecule has 1 N–H and O–H groups in total. The van der Waals surface area contributed by atoms with E-state index < -0.39 is 17.6 Å². The van der Waals surface area contributed by atoms with Crippen molar-refractivity contribution in [1.29, 1.82) is 0 Å². The Hall–Kier alpha value is -3.93. The molecule has 1 aliphatic heterocycles. The molecule has 6 heteroatoms. The van der Waals surface area contributed by atoms with Crippen LogP contribution in [0.2, 0.25) is 0 Å². The van der Waals surface area contributed by atoms with Gasteiger partial charge in [0.2, 0.25) is 0 Å². The largest absolute Gasteiger partial charge is 0.494 e. The molecule has 33 heavy (non-hydrogen) atoms. The number of aryl methyl sites for hydroxylation is 1. The number of amides is 2. The molecule has 0 saturated carbocycles. The normalized spacial score (nSPS) is 13.6. The lowest BCUT2D eigenvalue weighted by Gasteiger charge is -2.16. The average molecular weight is 445 g/mol. The summed E-state index contributed by atoms with van der Waals surface area (Å²) in [6.07, 6.45) is 0.873. The molecule has 0 spiro atoms. The Balaban J connectivity index is 1.71. The Labute approximate surface area is 192 Å². The van der Waals surface area contributed by atoms with E-state index in [1.54, 1.807) is 30.3 Å². The fraction of sp³-hybridized carbons (Fsp3) is 0.185. The van der Waals surface area contributed by atoms with Crippen LogP contribution in [-0.2, 0) is 16.1 Å². The number of ether oxygens (including phenoxy) is 1. The minimum absolute atomic E-state index is 0.148. The van der Waals surface area contributed by atoms with Gasteiger partial charge in [-0.15, -0.1) is 0 Å². The molecule has 0 saturated heterocycles. The predicted molar refractivity (Wildman–Crippen MR) is 126 cm³/mol. The van der Waals surface area contributed by atoms with Gasteiger partial charge in [0.1, 0.15) is 17.3 Å². The van der Waals surface area contributed by atoms with Gasteiger partial charge in [0.05, 0.1) is 18.7 Å². The Morgan fingerprint density at radius 1 is 0.939 bits per heavy atom. The Kier molecular flexibility index (Phi) is 6.54. The fourth-order valence-electron chi connectivity index (χ4n) is 3.65. The maximum Gasteiger partial charge on any atom is 0.278 e. The number of imide groups is 1. The third kappa shape index (κ3) is 4.80. The zero-order valence-corrected chi connectivity index (χ0v) is 18.6. The first kappa shape index (κ1) is 22.3. The highest BCUT2D eigenvalue weighted by Gasteiger charge is 2.39.